The maximum Gasteiger partial charge on any atom is 0.346 e. The largest absolute Gasteiger partial charge is 0.346 e. The monoisotopic (exact) mass is 318 g/mol. The summed E-state index contributed by atoms with van der Waals surface area (Å²) < 4.78 is 16.5. The van der Waals surface area contributed by atoms with Gasteiger partial charge in [0.15, 0.2) is 0 Å². The lowest BCUT2D eigenvalue weighted by Crippen LogP contribution is -2.30. The lowest BCUT2D eigenvalue weighted by atomic mass is 10.2. The van der Waals surface area contributed by atoms with Gasteiger partial charge in [-0.15, -0.1) is 0 Å². The molecule has 2 heterocycles. The van der Waals surface area contributed by atoms with Gasteiger partial charge in [-0.25, -0.2) is 13.9 Å². The van der Waals surface area contributed by atoms with Gasteiger partial charge in [0.05, 0.1) is 5.69 Å². The zero-order valence-electron chi connectivity index (χ0n) is 13.0. The highest BCUT2D eigenvalue weighted by Gasteiger charge is 2.17. The van der Waals surface area contributed by atoms with E-state index in [0.29, 0.717) is 6.54 Å². The van der Waals surface area contributed by atoms with Gasteiger partial charge in [0, 0.05) is 13.0 Å². The number of anilines is 1. The second-order valence-electron chi connectivity index (χ2n) is 5.85. The third-order valence-electron chi connectivity index (χ3n) is 3.97. The van der Waals surface area contributed by atoms with Crippen molar-refractivity contribution in [2.24, 2.45) is 0 Å². The van der Waals surface area contributed by atoms with Gasteiger partial charge in [0.25, 0.3) is 0 Å². The number of fused-ring (bicyclic) bond motifs is 1. The summed E-state index contributed by atoms with van der Waals surface area (Å²) in [5, 5.41) is 6.72. The molecule has 7 heteroatoms. The molecule has 1 aliphatic rings. The first-order valence-corrected chi connectivity index (χ1v) is 7.77. The number of benzene rings is 1. The molecule has 1 aromatic carbocycles. The molecule has 1 amide bonds. The number of carbonyl (C=O) groups is 1. The summed E-state index contributed by atoms with van der Waals surface area (Å²) in [5.74, 6) is -0.240. The molecule has 0 fully saturated rings. The zero-order chi connectivity index (χ0) is 16.4. The van der Waals surface area contributed by atoms with Crippen LogP contribution < -0.4 is 11.0 Å². The average molecular weight is 318 g/mol. The Morgan fingerprint density at radius 3 is 2.96 bits per heavy atom. The smallest absolute Gasteiger partial charge is 0.322 e. The number of hydrogen-bond acceptors (Lipinski definition) is 3. The molecule has 0 aliphatic carbocycles. The maximum atomic E-state index is 13.8. The molecule has 1 N–H and O–H groups in total. The van der Waals surface area contributed by atoms with Crippen molar-refractivity contribution < 1.29 is 9.18 Å². The molecule has 6 nitrogen and oxygen atoms in total. The summed E-state index contributed by atoms with van der Waals surface area (Å²) in [7, 11) is 0. The van der Waals surface area contributed by atoms with Gasteiger partial charge in [-0.2, -0.15) is 5.10 Å². The van der Waals surface area contributed by atoms with E-state index in [0.717, 1.165) is 41.8 Å². The number of carbonyl (C=O) groups excluding carboxylic acids is 1. The highest BCUT2D eigenvalue weighted by molar-refractivity contribution is 5.90. The Hall–Kier alpha value is -2.44. The summed E-state index contributed by atoms with van der Waals surface area (Å²) in [4.78, 5) is 24.3. The SMILES string of the molecule is Cc1ccc(NC(=O)Cn2nc3n(c2=O)CCCCC3)c(F)c1. The highest BCUT2D eigenvalue weighted by Crippen LogP contribution is 2.15. The molecule has 122 valence electrons. The molecule has 23 heavy (non-hydrogen) atoms. The minimum Gasteiger partial charge on any atom is -0.322 e. The standard InChI is InChI=1S/C16H19FN4O2/c1-11-6-7-13(12(17)9-11)18-15(22)10-21-16(23)20-8-4-2-3-5-14(20)19-21/h6-7,9H,2-5,8,10H2,1H3,(H,18,22). The molecular weight excluding hydrogens is 299 g/mol. The molecule has 1 aliphatic heterocycles. The van der Waals surface area contributed by atoms with Crippen LogP contribution in [0.3, 0.4) is 0 Å². The molecule has 0 saturated heterocycles. The van der Waals surface area contributed by atoms with Crippen molar-refractivity contribution in [1.82, 2.24) is 14.3 Å². The fourth-order valence-corrected chi connectivity index (χ4v) is 2.78. The first-order chi connectivity index (χ1) is 11.0. The Morgan fingerprint density at radius 1 is 1.35 bits per heavy atom. The number of nitrogens with zero attached hydrogens (tertiary/aromatic N) is 3. The van der Waals surface area contributed by atoms with Crippen molar-refractivity contribution in [1.29, 1.82) is 0 Å². The molecule has 1 aromatic heterocycles. The Labute approximate surface area is 132 Å². The van der Waals surface area contributed by atoms with E-state index in [9.17, 15) is 14.0 Å². The molecular formula is C16H19FN4O2. The quantitative estimate of drug-likeness (QED) is 0.939. The number of aryl methyl sites for hydroxylation is 2. The molecule has 3 rings (SSSR count). The van der Waals surface area contributed by atoms with E-state index >= 15 is 0 Å². The molecule has 0 spiro atoms. The number of hydrogen-bond donors (Lipinski definition) is 1. The van der Waals surface area contributed by atoms with Crippen LogP contribution in [0.5, 0.6) is 0 Å². The molecule has 0 bridgehead atoms. The van der Waals surface area contributed by atoms with Gasteiger partial charge >= 0.3 is 5.69 Å². The Kier molecular flexibility index (Phi) is 4.27. The van der Waals surface area contributed by atoms with Crippen LogP contribution in [0, 0.1) is 12.7 Å². The van der Waals surface area contributed by atoms with Crippen molar-refractivity contribution in [2.75, 3.05) is 5.32 Å². The Bertz CT molecular complexity index is 794. The van der Waals surface area contributed by atoms with E-state index in [1.54, 1.807) is 17.6 Å². The molecule has 0 atom stereocenters. The lowest BCUT2D eigenvalue weighted by molar-refractivity contribution is -0.117. The summed E-state index contributed by atoms with van der Waals surface area (Å²) in [6, 6.07) is 4.57. The van der Waals surface area contributed by atoms with E-state index in [4.69, 9.17) is 0 Å². The number of amides is 1. The van der Waals surface area contributed by atoms with Gasteiger partial charge in [0.1, 0.15) is 18.2 Å². The van der Waals surface area contributed by atoms with Gasteiger partial charge in [0.2, 0.25) is 5.91 Å². The Morgan fingerprint density at radius 2 is 2.17 bits per heavy atom. The molecule has 2 aromatic rings. The zero-order valence-corrected chi connectivity index (χ0v) is 13.0. The lowest BCUT2D eigenvalue weighted by Gasteiger charge is -2.06. The third-order valence-corrected chi connectivity index (χ3v) is 3.97. The maximum absolute atomic E-state index is 13.8. The number of aromatic nitrogens is 3. The van der Waals surface area contributed by atoms with Crippen LogP contribution in [0.15, 0.2) is 23.0 Å². The van der Waals surface area contributed by atoms with Crippen molar-refractivity contribution in [2.45, 2.75) is 45.7 Å². The van der Waals surface area contributed by atoms with Crippen LogP contribution in [-0.2, 0) is 24.3 Å². The van der Waals surface area contributed by atoms with Gasteiger partial charge in [-0.05, 0) is 37.5 Å². The molecule has 0 unspecified atom stereocenters. The topological polar surface area (TPSA) is 68.9 Å². The first-order valence-electron chi connectivity index (χ1n) is 7.77. The summed E-state index contributed by atoms with van der Waals surface area (Å²) in [6.07, 6.45) is 3.77. The number of halogens is 1. The molecule has 0 saturated carbocycles. The van der Waals surface area contributed by atoms with E-state index in [-0.39, 0.29) is 17.9 Å². The van der Waals surface area contributed by atoms with E-state index in [2.05, 4.69) is 10.4 Å². The minimum atomic E-state index is -0.494. The van der Waals surface area contributed by atoms with Crippen LogP contribution in [0.4, 0.5) is 10.1 Å². The first kappa shape index (κ1) is 15.5. The van der Waals surface area contributed by atoms with Crippen LogP contribution in [0.25, 0.3) is 0 Å². The second-order valence-corrected chi connectivity index (χ2v) is 5.85. The molecule has 0 radical (unpaired) electrons. The number of rotatable bonds is 3. The van der Waals surface area contributed by atoms with Crippen molar-refractivity contribution >= 4 is 11.6 Å². The minimum absolute atomic E-state index is 0.106. The summed E-state index contributed by atoms with van der Waals surface area (Å²) in [6.45, 7) is 2.20. The summed E-state index contributed by atoms with van der Waals surface area (Å²) in [5.41, 5.74) is 0.602. The van der Waals surface area contributed by atoms with Gasteiger partial charge in [-0.1, -0.05) is 12.5 Å². The fraction of sp³-hybridized carbons (Fsp3) is 0.438. The Balaban J connectivity index is 1.74. The van der Waals surface area contributed by atoms with Crippen LogP contribution >= 0.6 is 0 Å². The normalized spacial score (nSPS) is 14.2. The highest BCUT2D eigenvalue weighted by atomic mass is 19.1. The number of nitrogens with one attached hydrogen (secondary N) is 1. The van der Waals surface area contributed by atoms with Crippen LogP contribution in [0.2, 0.25) is 0 Å². The third kappa shape index (κ3) is 3.33. The summed E-state index contributed by atoms with van der Waals surface area (Å²) >= 11 is 0. The van der Waals surface area contributed by atoms with Crippen LogP contribution in [0.1, 0.15) is 30.7 Å². The predicted molar refractivity (Wildman–Crippen MR) is 83.8 cm³/mol. The van der Waals surface area contributed by atoms with Crippen molar-refractivity contribution in [3.63, 3.8) is 0 Å². The second kappa shape index (κ2) is 6.36. The van der Waals surface area contributed by atoms with E-state index in [1.165, 1.54) is 12.1 Å². The average Bonchev–Trinajstić information content (AvgIpc) is 2.68. The van der Waals surface area contributed by atoms with Crippen molar-refractivity contribution in [3.8, 4) is 0 Å². The van der Waals surface area contributed by atoms with E-state index in [1.807, 2.05) is 0 Å². The van der Waals surface area contributed by atoms with E-state index < -0.39 is 11.7 Å². The van der Waals surface area contributed by atoms with Crippen LogP contribution in [-0.4, -0.2) is 20.3 Å². The van der Waals surface area contributed by atoms with Gasteiger partial charge in [-0.3, -0.25) is 9.36 Å². The van der Waals surface area contributed by atoms with Crippen molar-refractivity contribution in [3.05, 3.63) is 45.9 Å². The predicted octanol–water partition coefficient (Wildman–Crippen LogP) is 1.86. The fourth-order valence-electron chi connectivity index (χ4n) is 2.78. The van der Waals surface area contributed by atoms with Gasteiger partial charge < -0.3 is 5.32 Å².